The van der Waals surface area contributed by atoms with Gasteiger partial charge >= 0.3 is 0 Å². The Balaban J connectivity index is 0.00000180. The lowest BCUT2D eigenvalue weighted by Gasteiger charge is -2.54. The Morgan fingerprint density at radius 1 is 1.32 bits per heavy atom. The van der Waals surface area contributed by atoms with Gasteiger partial charge in [0.15, 0.2) is 0 Å². The SMILES string of the molecule is CC(=O)N[C@@H]1C(=O)N(Cc2ccccc2)C1(C)C.S. The molecule has 0 aliphatic carbocycles. The first-order chi connectivity index (χ1) is 8.43. The van der Waals surface area contributed by atoms with Crippen molar-refractivity contribution in [1.29, 1.82) is 0 Å². The van der Waals surface area contributed by atoms with E-state index in [9.17, 15) is 9.59 Å². The molecule has 1 atom stereocenters. The summed E-state index contributed by atoms with van der Waals surface area (Å²) in [6, 6.07) is 9.45. The standard InChI is InChI=1S/C14H18N2O2.H2S/c1-10(17)15-12-13(18)16(14(12,2)3)9-11-7-5-4-6-8-11;/h4-8,12H,9H2,1-3H3,(H,15,17);1H2/t12-;/m1./s1. The summed E-state index contributed by atoms with van der Waals surface area (Å²) in [4.78, 5) is 24.9. The average Bonchev–Trinajstić information content (AvgIpc) is 2.34. The van der Waals surface area contributed by atoms with Gasteiger partial charge in [0.2, 0.25) is 11.8 Å². The molecule has 1 saturated heterocycles. The third kappa shape index (κ3) is 2.92. The van der Waals surface area contributed by atoms with Crippen molar-refractivity contribution in [3.8, 4) is 0 Å². The lowest BCUT2D eigenvalue weighted by atomic mass is 9.81. The highest BCUT2D eigenvalue weighted by molar-refractivity contribution is 7.59. The number of β-lactam (4-membered cyclic amide) rings is 1. The molecule has 0 spiro atoms. The van der Waals surface area contributed by atoms with Crippen LogP contribution in [0, 0.1) is 0 Å². The molecule has 2 amide bonds. The van der Waals surface area contributed by atoms with E-state index >= 15 is 0 Å². The largest absolute Gasteiger partial charge is 0.342 e. The summed E-state index contributed by atoms with van der Waals surface area (Å²) in [5, 5.41) is 2.70. The van der Waals surface area contributed by atoms with Crippen LogP contribution in [0.25, 0.3) is 0 Å². The molecular weight excluding hydrogens is 260 g/mol. The highest BCUT2D eigenvalue weighted by atomic mass is 32.1. The van der Waals surface area contributed by atoms with Crippen molar-refractivity contribution in [2.75, 3.05) is 0 Å². The van der Waals surface area contributed by atoms with Crippen LogP contribution < -0.4 is 5.32 Å². The molecule has 5 heteroatoms. The molecule has 19 heavy (non-hydrogen) atoms. The van der Waals surface area contributed by atoms with E-state index in [1.165, 1.54) is 6.92 Å². The Labute approximate surface area is 120 Å². The number of benzene rings is 1. The second kappa shape index (κ2) is 5.65. The first kappa shape index (κ1) is 15.6. The lowest BCUT2D eigenvalue weighted by molar-refractivity contribution is -0.163. The predicted molar refractivity (Wildman–Crippen MR) is 79.1 cm³/mol. The minimum atomic E-state index is -0.404. The van der Waals surface area contributed by atoms with Gasteiger partial charge in [-0.25, -0.2) is 0 Å². The molecular formula is C14H20N2O2S. The Hall–Kier alpha value is -1.49. The van der Waals surface area contributed by atoms with Gasteiger partial charge in [-0.1, -0.05) is 30.3 Å². The van der Waals surface area contributed by atoms with Crippen LogP contribution in [-0.2, 0) is 16.1 Å². The molecule has 0 saturated carbocycles. The first-order valence-electron chi connectivity index (χ1n) is 6.05. The maximum atomic E-state index is 12.0. The summed E-state index contributed by atoms with van der Waals surface area (Å²) >= 11 is 0. The van der Waals surface area contributed by atoms with Gasteiger partial charge in [-0.2, -0.15) is 13.5 Å². The highest BCUT2D eigenvalue weighted by Gasteiger charge is 2.54. The zero-order valence-electron chi connectivity index (χ0n) is 11.4. The fourth-order valence-electron chi connectivity index (χ4n) is 2.32. The monoisotopic (exact) mass is 280 g/mol. The van der Waals surface area contributed by atoms with Crippen molar-refractivity contribution in [2.45, 2.75) is 38.9 Å². The third-order valence-corrected chi connectivity index (χ3v) is 3.45. The number of carbonyl (C=O) groups is 2. The van der Waals surface area contributed by atoms with Crippen LogP contribution >= 0.6 is 13.5 Å². The van der Waals surface area contributed by atoms with Gasteiger partial charge in [0.1, 0.15) is 6.04 Å². The Kier molecular flexibility index (Phi) is 4.63. The zero-order chi connectivity index (χ0) is 13.3. The van der Waals surface area contributed by atoms with E-state index in [0.29, 0.717) is 6.54 Å². The number of rotatable bonds is 3. The molecule has 104 valence electrons. The summed E-state index contributed by atoms with van der Waals surface area (Å²) in [5.74, 6) is -0.181. The fraction of sp³-hybridized carbons (Fsp3) is 0.429. The van der Waals surface area contributed by atoms with Crippen molar-refractivity contribution in [3.05, 3.63) is 35.9 Å². The van der Waals surface area contributed by atoms with E-state index in [1.54, 1.807) is 4.90 Å². The second-order valence-corrected chi connectivity index (χ2v) is 5.20. The highest BCUT2D eigenvalue weighted by Crippen LogP contribution is 2.33. The van der Waals surface area contributed by atoms with Crippen molar-refractivity contribution in [2.24, 2.45) is 0 Å². The first-order valence-corrected chi connectivity index (χ1v) is 6.05. The third-order valence-electron chi connectivity index (χ3n) is 3.45. The van der Waals surface area contributed by atoms with Crippen molar-refractivity contribution in [1.82, 2.24) is 10.2 Å². The van der Waals surface area contributed by atoms with Gasteiger partial charge < -0.3 is 10.2 Å². The maximum absolute atomic E-state index is 12.0. The van der Waals surface area contributed by atoms with Crippen molar-refractivity contribution >= 4 is 25.3 Å². The quantitative estimate of drug-likeness (QED) is 0.851. The average molecular weight is 280 g/mol. The number of hydrogen-bond acceptors (Lipinski definition) is 2. The van der Waals surface area contributed by atoms with E-state index in [0.717, 1.165) is 5.56 Å². The van der Waals surface area contributed by atoms with E-state index in [4.69, 9.17) is 0 Å². The van der Waals surface area contributed by atoms with Gasteiger partial charge in [-0.15, -0.1) is 0 Å². The van der Waals surface area contributed by atoms with E-state index in [2.05, 4.69) is 5.32 Å². The summed E-state index contributed by atoms with van der Waals surface area (Å²) in [6.07, 6.45) is 0. The maximum Gasteiger partial charge on any atom is 0.248 e. The van der Waals surface area contributed by atoms with E-state index in [1.807, 2.05) is 44.2 Å². The minimum Gasteiger partial charge on any atom is -0.342 e. The Morgan fingerprint density at radius 3 is 2.37 bits per heavy atom. The minimum absolute atomic E-state index is 0. The van der Waals surface area contributed by atoms with Gasteiger partial charge in [-0.05, 0) is 19.4 Å². The topological polar surface area (TPSA) is 49.4 Å². The molecule has 1 fully saturated rings. The van der Waals surface area contributed by atoms with Crippen LogP contribution in [0.4, 0.5) is 0 Å². The summed E-state index contributed by atoms with van der Waals surface area (Å²) < 4.78 is 0. The summed E-state index contributed by atoms with van der Waals surface area (Å²) in [7, 11) is 0. The van der Waals surface area contributed by atoms with Crippen molar-refractivity contribution in [3.63, 3.8) is 0 Å². The number of hydrogen-bond donors (Lipinski definition) is 1. The van der Waals surface area contributed by atoms with E-state index < -0.39 is 6.04 Å². The second-order valence-electron chi connectivity index (χ2n) is 5.20. The smallest absolute Gasteiger partial charge is 0.248 e. The molecule has 1 aromatic rings. The summed E-state index contributed by atoms with van der Waals surface area (Å²) in [6.45, 7) is 5.96. The van der Waals surface area contributed by atoms with Crippen LogP contribution in [0.1, 0.15) is 26.3 Å². The molecule has 1 aliphatic heterocycles. The normalized spacial score (nSPS) is 20.3. The van der Waals surface area contributed by atoms with Crippen LogP contribution in [0.3, 0.4) is 0 Å². The number of amides is 2. The fourth-order valence-corrected chi connectivity index (χ4v) is 2.32. The number of nitrogens with zero attached hydrogens (tertiary/aromatic N) is 1. The van der Waals surface area contributed by atoms with Crippen molar-refractivity contribution < 1.29 is 9.59 Å². The molecule has 1 N–H and O–H groups in total. The van der Waals surface area contributed by atoms with Gasteiger partial charge in [0.05, 0.1) is 5.54 Å². The van der Waals surface area contributed by atoms with Gasteiger partial charge in [0, 0.05) is 13.5 Å². The Bertz CT molecular complexity index is 474. The Morgan fingerprint density at radius 2 is 1.89 bits per heavy atom. The number of carbonyl (C=O) groups excluding carboxylic acids is 2. The van der Waals surface area contributed by atoms with Crippen LogP contribution in [0.2, 0.25) is 0 Å². The van der Waals surface area contributed by atoms with Gasteiger partial charge in [0.25, 0.3) is 0 Å². The van der Waals surface area contributed by atoms with Crippen LogP contribution in [0.5, 0.6) is 0 Å². The van der Waals surface area contributed by atoms with E-state index in [-0.39, 0.29) is 30.8 Å². The molecule has 4 nitrogen and oxygen atoms in total. The molecule has 1 heterocycles. The number of likely N-dealkylation sites (tertiary alicyclic amines) is 1. The zero-order valence-corrected chi connectivity index (χ0v) is 12.4. The molecule has 1 aliphatic rings. The lowest BCUT2D eigenvalue weighted by Crippen LogP contribution is -2.76. The molecule has 2 rings (SSSR count). The van der Waals surface area contributed by atoms with Gasteiger partial charge in [-0.3, -0.25) is 9.59 Å². The molecule has 0 radical (unpaired) electrons. The summed E-state index contributed by atoms with van der Waals surface area (Å²) in [5.41, 5.74) is 0.763. The van der Waals surface area contributed by atoms with Crippen LogP contribution in [-0.4, -0.2) is 28.3 Å². The number of nitrogens with one attached hydrogen (secondary N) is 1. The molecule has 0 aromatic heterocycles. The molecule has 0 bridgehead atoms. The van der Waals surface area contributed by atoms with Crippen LogP contribution in [0.15, 0.2) is 30.3 Å². The predicted octanol–water partition coefficient (Wildman–Crippen LogP) is 1.42. The molecule has 1 aromatic carbocycles. The molecule has 0 unspecified atom stereocenters.